The van der Waals surface area contributed by atoms with Crippen LogP contribution in [0.5, 0.6) is 5.75 Å². The Bertz CT molecular complexity index is 1120. The highest BCUT2D eigenvalue weighted by Gasteiger charge is 2.28. The highest BCUT2D eigenvalue weighted by Crippen LogP contribution is 2.29. The number of hydrogen-bond acceptors (Lipinski definition) is 6. The number of carbonyl (C=O) groups is 2. The fourth-order valence-electron chi connectivity index (χ4n) is 3.59. The van der Waals surface area contributed by atoms with Crippen LogP contribution in [0, 0.1) is 6.92 Å². The fraction of sp³-hybridized carbons (Fsp3) is 0.250. The molecule has 2 heterocycles. The zero-order valence-electron chi connectivity index (χ0n) is 17.8. The van der Waals surface area contributed by atoms with Crippen LogP contribution >= 0.6 is 0 Å². The molecule has 0 saturated carbocycles. The summed E-state index contributed by atoms with van der Waals surface area (Å²) in [6, 6.07) is 12.8. The van der Waals surface area contributed by atoms with Crippen LogP contribution in [0.2, 0.25) is 0 Å². The fourth-order valence-corrected chi connectivity index (χ4v) is 3.59. The largest absolute Gasteiger partial charge is 0.484 e. The van der Waals surface area contributed by atoms with Gasteiger partial charge in [-0.05, 0) is 43.5 Å². The quantitative estimate of drug-likeness (QED) is 0.558. The maximum Gasteiger partial charge on any atom is 0.287 e. The predicted molar refractivity (Wildman–Crippen MR) is 118 cm³/mol. The molecule has 4 rings (SSSR count). The lowest BCUT2D eigenvalue weighted by Crippen LogP contribution is -2.27. The molecule has 2 amide bonds. The number of aryl methyl sites for hydroxylation is 1. The Labute approximate surface area is 185 Å². The Morgan fingerprint density at radius 2 is 2.00 bits per heavy atom. The number of aromatic nitrogens is 1. The molecule has 0 radical (unpaired) electrons. The first-order chi connectivity index (χ1) is 15.6. The van der Waals surface area contributed by atoms with Crippen molar-refractivity contribution < 1.29 is 18.7 Å². The van der Waals surface area contributed by atoms with Crippen LogP contribution in [-0.4, -0.2) is 29.1 Å². The molecule has 0 spiro atoms. The number of rotatable bonds is 7. The number of nitrogens with zero attached hydrogens (tertiary/aromatic N) is 2. The normalized spacial score (nSPS) is 14.0. The van der Waals surface area contributed by atoms with Gasteiger partial charge in [-0.1, -0.05) is 24.3 Å². The number of amides is 2. The van der Waals surface area contributed by atoms with Gasteiger partial charge in [-0.15, -0.1) is 0 Å². The number of para-hydroxylation sites is 1. The number of fused-ring (bicyclic) bond motifs is 1. The summed E-state index contributed by atoms with van der Waals surface area (Å²) in [5.74, 6) is 0.952. The Balaban J connectivity index is 1.42. The van der Waals surface area contributed by atoms with E-state index in [9.17, 15) is 9.59 Å². The van der Waals surface area contributed by atoms with Gasteiger partial charge in [-0.3, -0.25) is 14.6 Å². The summed E-state index contributed by atoms with van der Waals surface area (Å²) >= 11 is 0. The molecule has 0 atom stereocenters. The number of pyridine rings is 1. The Kier molecular flexibility index (Phi) is 6.60. The van der Waals surface area contributed by atoms with Crippen LogP contribution in [0.15, 0.2) is 64.4 Å². The zero-order chi connectivity index (χ0) is 22.3. The first kappa shape index (κ1) is 21.3. The van der Waals surface area contributed by atoms with Crippen LogP contribution in [0.1, 0.15) is 45.8 Å². The van der Waals surface area contributed by atoms with Crippen molar-refractivity contribution in [3.8, 4) is 5.75 Å². The van der Waals surface area contributed by atoms with E-state index in [4.69, 9.17) is 9.15 Å². The predicted octanol–water partition coefficient (Wildman–Crippen LogP) is 3.15. The zero-order valence-corrected chi connectivity index (χ0v) is 17.8. The molecule has 3 aromatic rings. The van der Waals surface area contributed by atoms with E-state index in [-0.39, 0.29) is 24.2 Å². The number of benzene rings is 1. The number of hydrogen-bond donors (Lipinski definition) is 2. The highest BCUT2D eigenvalue weighted by molar-refractivity contribution is 6.06. The second-order valence-electron chi connectivity index (χ2n) is 7.45. The summed E-state index contributed by atoms with van der Waals surface area (Å²) < 4.78 is 11.3. The van der Waals surface area contributed by atoms with Gasteiger partial charge in [0, 0.05) is 36.5 Å². The van der Waals surface area contributed by atoms with Gasteiger partial charge in [0.1, 0.15) is 11.5 Å². The third kappa shape index (κ3) is 5.03. The number of furan rings is 1. The standard InChI is InChI=1S/C24H24N4O4/c1-16-22-19(27-28-21(29)15-31-18-8-3-2-4-9-18)10-5-11-20(22)32-23(16)24(30)26-14-17-7-6-12-25-13-17/h2-4,6-9,12-13H,5,10-11,14-15H2,1H3,(H,26,30)(H,28,29)/b27-19+. The SMILES string of the molecule is Cc1c(C(=O)NCc2cccnc2)oc2c1/C(=N/NC(=O)COc1ccccc1)CCC2. The molecule has 0 saturated heterocycles. The molecule has 1 aliphatic carbocycles. The van der Waals surface area contributed by atoms with Gasteiger partial charge >= 0.3 is 0 Å². The van der Waals surface area contributed by atoms with Crippen molar-refractivity contribution in [2.45, 2.75) is 32.7 Å². The summed E-state index contributed by atoms with van der Waals surface area (Å²) in [4.78, 5) is 28.9. The first-order valence-corrected chi connectivity index (χ1v) is 10.4. The second kappa shape index (κ2) is 9.91. The van der Waals surface area contributed by atoms with Crippen LogP contribution in [0.3, 0.4) is 0 Å². The molecular weight excluding hydrogens is 408 g/mol. The summed E-state index contributed by atoms with van der Waals surface area (Å²) in [6.07, 6.45) is 5.62. The Hall–Kier alpha value is -3.94. The van der Waals surface area contributed by atoms with Gasteiger partial charge in [0.25, 0.3) is 11.8 Å². The molecule has 0 fully saturated rings. The van der Waals surface area contributed by atoms with Crippen molar-refractivity contribution in [2.75, 3.05) is 6.61 Å². The average Bonchev–Trinajstić information content (AvgIpc) is 3.18. The molecule has 0 bridgehead atoms. The molecule has 2 N–H and O–H groups in total. The molecule has 1 aliphatic rings. The van der Waals surface area contributed by atoms with Gasteiger partial charge in [0.15, 0.2) is 12.4 Å². The van der Waals surface area contributed by atoms with Gasteiger partial charge in [-0.2, -0.15) is 5.10 Å². The van der Waals surface area contributed by atoms with Crippen molar-refractivity contribution in [1.29, 1.82) is 0 Å². The van der Waals surface area contributed by atoms with E-state index in [1.54, 1.807) is 24.5 Å². The average molecular weight is 432 g/mol. The molecule has 0 unspecified atom stereocenters. The van der Waals surface area contributed by atoms with Crippen molar-refractivity contribution in [2.24, 2.45) is 5.10 Å². The minimum atomic E-state index is -0.357. The summed E-state index contributed by atoms with van der Waals surface area (Å²) in [5.41, 5.74) is 5.67. The van der Waals surface area contributed by atoms with E-state index >= 15 is 0 Å². The molecule has 8 heteroatoms. The van der Waals surface area contributed by atoms with E-state index < -0.39 is 0 Å². The summed E-state index contributed by atoms with van der Waals surface area (Å²) in [5, 5.41) is 7.16. The molecule has 8 nitrogen and oxygen atoms in total. The van der Waals surface area contributed by atoms with Crippen molar-refractivity contribution in [1.82, 2.24) is 15.7 Å². The number of nitrogens with one attached hydrogen (secondary N) is 2. The Morgan fingerprint density at radius 3 is 2.78 bits per heavy atom. The summed E-state index contributed by atoms with van der Waals surface area (Å²) in [6.45, 7) is 2.05. The van der Waals surface area contributed by atoms with Gasteiger partial charge < -0.3 is 14.5 Å². The highest BCUT2D eigenvalue weighted by atomic mass is 16.5. The smallest absolute Gasteiger partial charge is 0.287 e. The van der Waals surface area contributed by atoms with E-state index in [0.29, 0.717) is 30.2 Å². The van der Waals surface area contributed by atoms with E-state index in [1.807, 2.05) is 37.3 Å². The van der Waals surface area contributed by atoms with Crippen LogP contribution < -0.4 is 15.5 Å². The van der Waals surface area contributed by atoms with E-state index in [1.165, 1.54) is 0 Å². The van der Waals surface area contributed by atoms with Crippen molar-refractivity contribution >= 4 is 17.5 Å². The summed E-state index contributed by atoms with van der Waals surface area (Å²) in [7, 11) is 0. The van der Waals surface area contributed by atoms with Crippen LogP contribution in [0.4, 0.5) is 0 Å². The van der Waals surface area contributed by atoms with Crippen LogP contribution in [0.25, 0.3) is 0 Å². The number of carbonyl (C=O) groups excluding carboxylic acids is 2. The molecule has 1 aromatic carbocycles. The lowest BCUT2D eigenvalue weighted by atomic mass is 9.93. The van der Waals surface area contributed by atoms with E-state index in [2.05, 4.69) is 20.8 Å². The maximum atomic E-state index is 12.7. The monoisotopic (exact) mass is 432 g/mol. The van der Waals surface area contributed by atoms with Gasteiger partial charge in [-0.25, -0.2) is 5.43 Å². The molecule has 32 heavy (non-hydrogen) atoms. The topological polar surface area (TPSA) is 106 Å². The third-order valence-electron chi connectivity index (χ3n) is 5.14. The first-order valence-electron chi connectivity index (χ1n) is 10.4. The molecule has 2 aromatic heterocycles. The van der Waals surface area contributed by atoms with Crippen molar-refractivity contribution in [3.63, 3.8) is 0 Å². The van der Waals surface area contributed by atoms with Gasteiger partial charge in [0.2, 0.25) is 0 Å². The number of hydrazone groups is 1. The van der Waals surface area contributed by atoms with Crippen LogP contribution in [-0.2, 0) is 17.8 Å². The maximum absolute atomic E-state index is 12.7. The second-order valence-corrected chi connectivity index (χ2v) is 7.45. The third-order valence-corrected chi connectivity index (χ3v) is 5.14. The van der Waals surface area contributed by atoms with Gasteiger partial charge in [0.05, 0.1) is 5.71 Å². The lowest BCUT2D eigenvalue weighted by molar-refractivity contribution is -0.123. The Morgan fingerprint density at radius 1 is 1.16 bits per heavy atom. The van der Waals surface area contributed by atoms with Crippen molar-refractivity contribution in [3.05, 3.63) is 83.1 Å². The molecule has 0 aliphatic heterocycles. The molecule has 164 valence electrons. The lowest BCUT2D eigenvalue weighted by Gasteiger charge is -2.13. The minimum Gasteiger partial charge on any atom is -0.484 e. The van der Waals surface area contributed by atoms with E-state index in [0.717, 1.165) is 29.5 Å². The molecular formula is C24H24N4O4. The minimum absolute atomic E-state index is 0.139. The number of ether oxygens (including phenoxy) is 1.